The van der Waals surface area contributed by atoms with Gasteiger partial charge in [-0.05, 0) is 34.8 Å². The molecule has 1 aromatic heterocycles. The summed E-state index contributed by atoms with van der Waals surface area (Å²) in [5, 5.41) is 2.32. The van der Waals surface area contributed by atoms with Gasteiger partial charge in [0.15, 0.2) is 0 Å². The summed E-state index contributed by atoms with van der Waals surface area (Å²) in [4.78, 5) is 3.58. The number of alkyl halides is 3. The zero-order valence-corrected chi connectivity index (χ0v) is 9.49. The lowest BCUT2D eigenvalue weighted by Crippen LogP contribution is -2.39. The van der Waals surface area contributed by atoms with Gasteiger partial charge in [-0.3, -0.25) is 0 Å². The van der Waals surface area contributed by atoms with E-state index in [-0.39, 0.29) is 23.1 Å². The van der Waals surface area contributed by atoms with Gasteiger partial charge in [0.1, 0.15) is 17.2 Å². The first-order valence-corrected chi connectivity index (χ1v) is 5.29. The number of hydrogen-bond donors (Lipinski definition) is 1. The van der Waals surface area contributed by atoms with Crippen LogP contribution in [0.15, 0.2) is 16.7 Å². The fraction of sp³-hybridized carbons (Fsp3) is 0.444. The Morgan fingerprint density at radius 2 is 2.00 bits per heavy atom. The molecule has 0 spiro atoms. The van der Waals surface area contributed by atoms with E-state index in [1.165, 1.54) is 0 Å². The van der Waals surface area contributed by atoms with Crippen molar-refractivity contribution in [2.24, 2.45) is 0 Å². The van der Waals surface area contributed by atoms with E-state index < -0.39 is 17.5 Å². The molecular formula is C9H7BrF4N2. The van der Waals surface area contributed by atoms with Crippen molar-refractivity contribution >= 4 is 21.7 Å². The molecule has 1 fully saturated rings. The summed E-state index contributed by atoms with van der Waals surface area (Å²) in [5.74, 6) is -0.592. The molecule has 1 aliphatic rings. The molecule has 16 heavy (non-hydrogen) atoms. The van der Waals surface area contributed by atoms with Crippen molar-refractivity contribution in [3.8, 4) is 0 Å². The minimum atomic E-state index is -4.32. The lowest BCUT2D eigenvalue weighted by Gasteiger charge is -2.21. The van der Waals surface area contributed by atoms with Crippen molar-refractivity contribution in [1.82, 2.24) is 4.98 Å². The highest BCUT2D eigenvalue weighted by Gasteiger charge is 2.63. The third kappa shape index (κ3) is 2.00. The van der Waals surface area contributed by atoms with E-state index in [1.54, 1.807) is 0 Å². The molecular weight excluding hydrogens is 292 g/mol. The van der Waals surface area contributed by atoms with Crippen molar-refractivity contribution in [2.45, 2.75) is 24.6 Å². The van der Waals surface area contributed by atoms with Crippen molar-refractivity contribution < 1.29 is 17.6 Å². The topological polar surface area (TPSA) is 24.9 Å². The van der Waals surface area contributed by atoms with E-state index in [0.717, 1.165) is 12.3 Å². The van der Waals surface area contributed by atoms with E-state index in [2.05, 4.69) is 26.2 Å². The van der Waals surface area contributed by atoms with Crippen LogP contribution in [0.1, 0.15) is 12.8 Å². The number of pyridine rings is 1. The highest BCUT2D eigenvalue weighted by atomic mass is 79.9. The number of nitrogens with zero attached hydrogens (tertiary/aromatic N) is 1. The lowest BCUT2D eigenvalue weighted by molar-refractivity contribution is -0.151. The highest BCUT2D eigenvalue weighted by molar-refractivity contribution is 9.10. The molecule has 1 aromatic rings. The average Bonchev–Trinajstić information content (AvgIpc) is 2.90. The molecule has 1 saturated carbocycles. The second kappa shape index (κ2) is 3.58. The molecule has 7 heteroatoms. The van der Waals surface area contributed by atoms with Gasteiger partial charge in [-0.15, -0.1) is 0 Å². The summed E-state index contributed by atoms with van der Waals surface area (Å²) in [6.45, 7) is 0. The molecule has 2 rings (SSSR count). The molecule has 0 bridgehead atoms. The Morgan fingerprint density at radius 3 is 2.44 bits per heavy atom. The van der Waals surface area contributed by atoms with Crippen molar-refractivity contribution in [3.05, 3.63) is 22.6 Å². The summed E-state index contributed by atoms with van der Waals surface area (Å²) in [6.07, 6.45) is -3.41. The number of halogens is 5. The molecule has 0 saturated heterocycles. The quantitative estimate of drug-likeness (QED) is 0.846. The maximum Gasteiger partial charge on any atom is 0.411 e. The fourth-order valence-corrected chi connectivity index (χ4v) is 1.76. The number of anilines is 1. The van der Waals surface area contributed by atoms with E-state index in [9.17, 15) is 17.6 Å². The third-order valence-corrected chi connectivity index (χ3v) is 3.06. The van der Waals surface area contributed by atoms with Gasteiger partial charge in [0.25, 0.3) is 0 Å². The van der Waals surface area contributed by atoms with Crippen LogP contribution in [0, 0.1) is 5.82 Å². The molecule has 0 amide bonds. The Balaban J connectivity index is 2.22. The summed E-state index contributed by atoms with van der Waals surface area (Å²) < 4.78 is 50.7. The average molecular weight is 299 g/mol. The molecule has 2 nitrogen and oxygen atoms in total. The molecule has 0 aromatic carbocycles. The Labute approximate surface area is 97.2 Å². The lowest BCUT2D eigenvalue weighted by atomic mass is 10.2. The van der Waals surface area contributed by atoms with Gasteiger partial charge in [0.05, 0.1) is 10.7 Å². The summed E-state index contributed by atoms with van der Waals surface area (Å²) in [6, 6.07) is 1.07. The number of nitrogens with one attached hydrogen (secondary N) is 1. The SMILES string of the molecule is Fc1cnc(NC2(C(F)(F)F)CC2)c(Br)c1. The van der Waals surface area contributed by atoms with E-state index in [0.29, 0.717) is 0 Å². The van der Waals surface area contributed by atoms with Crippen molar-refractivity contribution in [3.63, 3.8) is 0 Å². The van der Waals surface area contributed by atoms with Gasteiger partial charge < -0.3 is 5.32 Å². The van der Waals surface area contributed by atoms with Crippen molar-refractivity contribution in [1.29, 1.82) is 0 Å². The van der Waals surface area contributed by atoms with Crippen LogP contribution in [0.3, 0.4) is 0 Å². The first-order chi connectivity index (χ1) is 7.34. The van der Waals surface area contributed by atoms with Crippen LogP contribution < -0.4 is 5.32 Å². The van der Waals surface area contributed by atoms with E-state index in [4.69, 9.17) is 0 Å². The fourth-order valence-electron chi connectivity index (χ4n) is 1.34. The minimum absolute atomic E-state index is 0.0104. The molecule has 1 N–H and O–H groups in total. The van der Waals surface area contributed by atoms with Gasteiger partial charge in [0.2, 0.25) is 0 Å². The summed E-state index contributed by atoms with van der Waals surface area (Å²) in [5.41, 5.74) is -1.89. The Hall–Kier alpha value is -0.850. The van der Waals surface area contributed by atoms with Crippen LogP contribution in [0.2, 0.25) is 0 Å². The Kier molecular flexibility index (Phi) is 2.60. The zero-order valence-electron chi connectivity index (χ0n) is 7.91. The zero-order chi connectivity index (χ0) is 12.0. The van der Waals surface area contributed by atoms with Crippen LogP contribution in [0.4, 0.5) is 23.4 Å². The molecule has 1 aliphatic carbocycles. The van der Waals surface area contributed by atoms with Gasteiger partial charge in [-0.25, -0.2) is 9.37 Å². The molecule has 0 unspecified atom stereocenters. The molecule has 0 aliphatic heterocycles. The molecule has 88 valence electrons. The monoisotopic (exact) mass is 298 g/mol. The summed E-state index contributed by atoms with van der Waals surface area (Å²) in [7, 11) is 0. The van der Waals surface area contributed by atoms with E-state index >= 15 is 0 Å². The maximum absolute atomic E-state index is 12.7. The number of hydrogen-bond acceptors (Lipinski definition) is 2. The second-order valence-electron chi connectivity index (χ2n) is 3.69. The first kappa shape index (κ1) is 11.6. The highest BCUT2D eigenvalue weighted by Crippen LogP contribution is 2.51. The van der Waals surface area contributed by atoms with Gasteiger partial charge in [-0.1, -0.05) is 0 Å². The van der Waals surface area contributed by atoms with Crippen LogP contribution in [0.5, 0.6) is 0 Å². The molecule has 0 radical (unpaired) electrons. The number of rotatable bonds is 2. The predicted octanol–water partition coefficient (Wildman–Crippen LogP) is 3.49. The molecule has 1 heterocycles. The number of aromatic nitrogens is 1. The smallest absolute Gasteiger partial charge is 0.355 e. The minimum Gasteiger partial charge on any atom is -0.355 e. The Bertz CT molecular complexity index is 414. The van der Waals surface area contributed by atoms with Gasteiger partial charge in [0, 0.05) is 0 Å². The molecule has 0 atom stereocenters. The van der Waals surface area contributed by atoms with Crippen molar-refractivity contribution in [2.75, 3.05) is 5.32 Å². The van der Waals surface area contributed by atoms with Gasteiger partial charge in [-0.2, -0.15) is 13.2 Å². The van der Waals surface area contributed by atoms with Crippen LogP contribution in [0.25, 0.3) is 0 Å². The first-order valence-electron chi connectivity index (χ1n) is 4.50. The largest absolute Gasteiger partial charge is 0.411 e. The van der Waals surface area contributed by atoms with Crippen LogP contribution in [-0.2, 0) is 0 Å². The maximum atomic E-state index is 12.7. The predicted molar refractivity (Wildman–Crippen MR) is 53.5 cm³/mol. The Morgan fingerprint density at radius 1 is 1.38 bits per heavy atom. The van der Waals surface area contributed by atoms with Crippen LogP contribution >= 0.6 is 15.9 Å². The summed E-state index contributed by atoms with van der Waals surface area (Å²) >= 11 is 2.96. The van der Waals surface area contributed by atoms with Gasteiger partial charge >= 0.3 is 6.18 Å². The normalized spacial score (nSPS) is 18.3. The third-order valence-electron chi connectivity index (χ3n) is 2.46. The van der Waals surface area contributed by atoms with Crippen LogP contribution in [-0.4, -0.2) is 16.7 Å². The standard InChI is InChI=1S/C9H7BrF4N2/c10-6-3-5(11)4-15-7(6)16-8(1-2-8)9(12,13)14/h3-4H,1-2H2,(H,15,16). The van der Waals surface area contributed by atoms with E-state index in [1.807, 2.05) is 0 Å². The second-order valence-corrected chi connectivity index (χ2v) is 4.54.